The number of carbonyl (C=O) groups is 1. The van der Waals surface area contributed by atoms with Crippen LogP contribution in [-0.2, 0) is 19.5 Å². The molecule has 0 saturated heterocycles. The van der Waals surface area contributed by atoms with Crippen molar-refractivity contribution in [1.29, 1.82) is 0 Å². The van der Waals surface area contributed by atoms with Crippen LogP contribution < -0.4 is 56.3 Å². The zero-order chi connectivity index (χ0) is 18.0. The molecular formula is C16H18ClKN2O5S. The molecule has 0 N–H and O–H groups in total. The molecule has 7 nitrogen and oxygen atoms in total. The normalized spacial score (nSPS) is 19.6. The third-order valence-corrected chi connectivity index (χ3v) is 5.08. The molecule has 2 aliphatic rings. The minimum Gasteiger partial charge on any atom is -0.714 e. The molecule has 0 spiro atoms. The first-order valence-corrected chi connectivity index (χ1v) is 9.89. The predicted octanol–water partition coefficient (Wildman–Crippen LogP) is -0.158. The molecule has 0 aromatic heterocycles. The number of fused-ring (bicyclic) bond motifs is 1. The Balaban J connectivity index is 0.00000243. The molecule has 26 heavy (non-hydrogen) atoms. The Morgan fingerprint density at radius 2 is 1.96 bits per heavy atom. The number of oxime groups is 1. The van der Waals surface area contributed by atoms with Crippen molar-refractivity contribution in [2.24, 2.45) is 11.1 Å². The minimum absolute atomic E-state index is 0. The number of benzene rings is 1. The first-order valence-electron chi connectivity index (χ1n) is 8.18. The summed E-state index contributed by atoms with van der Waals surface area (Å²) >= 11 is 6.03. The van der Waals surface area contributed by atoms with E-state index in [0.29, 0.717) is 22.8 Å². The molecule has 0 unspecified atom stereocenters. The van der Waals surface area contributed by atoms with Crippen LogP contribution in [0.2, 0.25) is 5.02 Å². The molecule has 0 bridgehead atoms. The third kappa shape index (κ3) is 5.51. The van der Waals surface area contributed by atoms with Crippen molar-refractivity contribution in [3.8, 4) is 0 Å². The topological polar surface area (TPSA) is 99.1 Å². The third-order valence-electron chi connectivity index (χ3n) is 4.59. The van der Waals surface area contributed by atoms with Gasteiger partial charge in [-0.2, -0.15) is 8.42 Å². The van der Waals surface area contributed by atoms with Crippen LogP contribution in [0.15, 0.2) is 23.4 Å². The van der Waals surface area contributed by atoms with E-state index in [9.17, 15) is 17.8 Å². The first kappa shape index (κ1) is 22.3. The summed E-state index contributed by atoms with van der Waals surface area (Å²) in [5, 5.41) is 3.88. The van der Waals surface area contributed by atoms with Gasteiger partial charge in [0.1, 0.15) is 0 Å². The van der Waals surface area contributed by atoms with Gasteiger partial charge < -0.3 is 9.45 Å². The van der Waals surface area contributed by atoms with Crippen LogP contribution in [0.5, 0.6) is 0 Å². The van der Waals surface area contributed by atoms with E-state index in [0.717, 1.165) is 32.1 Å². The van der Waals surface area contributed by atoms with Crippen molar-refractivity contribution in [3.63, 3.8) is 0 Å². The molecule has 1 aromatic rings. The molecule has 10 heteroatoms. The number of anilines is 1. The van der Waals surface area contributed by atoms with Crippen LogP contribution in [0.3, 0.4) is 0 Å². The van der Waals surface area contributed by atoms with Gasteiger partial charge in [0.05, 0.1) is 11.4 Å². The Labute approximate surface area is 200 Å². The van der Waals surface area contributed by atoms with E-state index in [1.54, 1.807) is 23.1 Å². The first-order chi connectivity index (χ1) is 11.8. The van der Waals surface area contributed by atoms with Crippen molar-refractivity contribution in [2.45, 2.75) is 38.5 Å². The fourth-order valence-corrected chi connectivity index (χ4v) is 3.79. The second-order valence-electron chi connectivity index (χ2n) is 6.26. The summed E-state index contributed by atoms with van der Waals surface area (Å²) in [6, 6.07) is 4.96. The molecule has 1 aliphatic carbocycles. The number of rotatable bonds is 3. The number of carbonyl (C=O) groups excluding carboxylic acids is 1. The van der Waals surface area contributed by atoms with Crippen LogP contribution in [0.4, 0.5) is 5.69 Å². The fraction of sp³-hybridized carbons (Fsp3) is 0.500. The Kier molecular flexibility index (Phi) is 8.11. The largest absolute Gasteiger partial charge is 1.00 e. The number of nitrogens with zero attached hydrogens (tertiary/aromatic N) is 2. The van der Waals surface area contributed by atoms with Gasteiger partial charge in [-0.3, -0.25) is 9.08 Å². The van der Waals surface area contributed by atoms with Crippen molar-refractivity contribution >= 4 is 39.3 Å². The standard InChI is InChI=1S/C16H19ClN2O5S.K/c17-12-6-7-15-13(10-12)14(18-24-25(21,22)23)8-9-19(15)16(20)11-4-2-1-3-5-11;/h6-7,10-11H,1-5,8-9H2,(H,21,22,23);/q;+1/p-1/b18-14-;. The number of halogens is 1. The Bertz CT molecular complexity index is 809. The average molecular weight is 425 g/mol. The molecule has 1 fully saturated rings. The summed E-state index contributed by atoms with van der Waals surface area (Å²) in [6.07, 6.45) is 5.32. The molecule has 0 atom stereocenters. The van der Waals surface area contributed by atoms with Gasteiger partial charge in [0, 0.05) is 29.5 Å². The molecule has 3 rings (SSSR count). The van der Waals surface area contributed by atoms with Crippen LogP contribution in [0.25, 0.3) is 0 Å². The van der Waals surface area contributed by atoms with E-state index >= 15 is 0 Å². The Morgan fingerprint density at radius 3 is 2.62 bits per heavy atom. The van der Waals surface area contributed by atoms with Crippen molar-refractivity contribution in [3.05, 3.63) is 28.8 Å². The predicted molar refractivity (Wildman–Crippen MR) is 92.3 cm³/mol. The van der Waals surface area contributed by atoms with E-state index in [1.807, 2.05) is 0 Å². The van der Waals surface area contributed by atoms with Gasteiger partial charge in [0.15, 0.2) is 0 Å². The average Bonchev–Trinajstić information content (AvgIpc) is 2.59. The maximum absolute atomic E-state index is 12.9. The number of hydrogen-bond acceptors (Lipinski definition) is 6. The minimum atomic E-state index is -4.93. The quantitative estimate of drug-likeness (QED) is 0.290. The molecule has 136 valence electrons. The van der Waals surface area contributed by atoms with Gasteiger partial charge in [-0.25, -0.2) is 0 Å². The monoisotopic (exact) mass is 424 g/mol. The molecule has 1 saturated carbocycles. The summed E-state index contributed by atoms with van der Waals surface area (Å²) in [6.45, 7) is 0.352. The maximum atomic E-state index is 12.9. The van der Waals surface area contributed by atoms with Crippen LogP contribution in [0.1, 0.15) is 44.1 Å². The fourth-order valence-electron chi connectivity index (χ4n) is 3.43. The SMILES string of the molecule is O=C(C1CCCCC1)N1CC/C(=N/OS(=O)(=O)[O-])c2cc(Cl)ccc21.[K+]. The van der Waals surface area contributed by atoms with Crippen LogP contribution in [-0.4, -0.2) is 31.1 Å². The second-order valence-corrected chi connectivity index (χ2v) is 7.66. The number of hydrogen-bond donors (Lipinski definition) is 0. The summed E-state index contributed by atoms with van der Waals surface area (Å²) < 4.78 is 36.0. The van der Waals surface area contributed by atoms with Gasteiger partial charge in [-0.1, -0.05) is 36.0 Å². The molecule has 0 radical (unpaired) electrons. The van der Waals surface area contributed by atoms with Crippen molar-refractivity contribution in [2.75, 3.05) is 11.4 Å². The van der Waals surface area contributed by atoms with Crippen molar-refractivity contribution < 1.29 is 73.4 Å². The molecule has 1 aromatic carbocycles. The molecular weight excluding hydrogens is 407 g/mol. The van der Waals surface area contributed by atoms with Crippen LogP contribution >= 0.6 is 11.6 Å². The van der Waals surface area contributed by atoms with E-state index < -0.39 is 10.4 Å². The number of amides is 1. The summed E-state index contributed by atoms with van der Waals surface area (Å²) in [5.41, 5.74) is 1.40. The second kappa shape index (κ2) is 9.46. The van der Waals surface area contributed by atoms with Gasteiger partial charge >= 0.3 is 51.4 Å². The van der Waals surface area contributed by atoms with E-state index in [-0.39, 0.29) is 75.3 Å². The Hall–Kier alpha value is -0.00364. The van der Waals surface area contributed by atoms with Crippen molar-refractivity contribution in [1.82, 2.24) is 0 Å². The molecule has 1 amide bonds. The van der Waals surface area contributed by atoms with Gasteiger partial charge in [-0.05, 0) is 31.0 Å². The molecule has 1 heterocycles. The van der Waals surface area contributed by atoms with Crippen LogP contribution in [0, 0.1) is 5.92 Å². The Morgan fingerprint density at radius 1 is 1.27 bits per heavy atom. The van der Waals surface area contributed by atoms with Gasteiger partial charge in [-0.15, -0.1) is 0 Å². The summed E-state index contributed by atoms with van der Waals surface area (Å²) in [5.74, 6) is 0.0775. The molecule has 1 aliphatic heterocycles. The summed E-state index contributed by atoms with van der Waals surface area (Å²) in [4.78, 5) is 14.6. The van der Waals surface area contributed by atoms with E-state index in [1.165, 1.54) is 0 Å². The van der Waals surface area contributed by atoms with E-state index in [4.69, 9.17) is 11.6 Å². The van der Waals surface area contributed by atoms with E-state index in [2.05, 4.69) is 9.44 Å². The smallest absolute Gasteiger partial charge is 0.714 e. The zero-order valence-electron chi connectivity index (χ0n) is 14.5. The maximum Gasteiger partial charge on any atom is 1.00 e. The summed E-state index contributed by atoms with van der Waals surface area (Å²) in [7, 11) is -4.93. The zero-order valence-corrected chi connectivity index (χ0v) is 19.2. The van der Waals surface area contributed by atoms with Gasteiger partial charge in [0.2, 0.25) is 5.91 Å². The van der Waals surface area contributed by atoms with Gasteiger partial charge in [0.25, 0.3) is 10.4 Å².